The van der Waals surface area contributed by atoms with E-state index in [9.17, 15) is 8.78 Å². The molecule has 2 saturated carbocycles. The Morgan fingerprint density at radius 3 is 2.27 bits per heavy atom. The zero-order valence-corrected chi connectivity index (χ0v) is 20.8. The molecule has 0 N–H and O–H groups in total. The highest BCUT2D eigenvalue weighted by Crippen LogP contribution is 2.47. The van der Waals surface area contributed by atoms with Crippen molar-refractivity contribution in [3.05, 3.63) is 36.5 Å². The van der Waals surface area contributed by atoms with E-state index < -0.39 is 5.92 Å². The molecule has 2 aliphatic rings. The molecule has 0 aliphatic heterocycles. The fourth-order valence-corrected chi connectivity index (χ4v) is 5.55. The Morgan fingerprint density at radius 2 is 1.70 bits per heavy atom. The minimum Gasteiger partial charge on any atom is -0.207 e. The Balaban J connectivity index is 0.000000375. The summed E-state index contributed by atoms with van der Waals surface area (Å²) in [5, 5.41) is 0. The average Bonchev–Trinajstić information content (AvgIpc) is 2.75. The summed E-state index contributed by atoms with van der Waals surface area (Å²) in [5.74, 6) is -1.98. The van der Waals surface area contributed by atoms with Gasteiger partial charge < -0.3 is 0 Å². The molecule has 2 unspecified atom stereocenters. The third-order valence-electron chi connectivity index (χ3n) is 6.88. The van der Waals surface area contributed by atoms with E-state index in [2.05, 4.69) is 33.1 Å². The highest BCUT2D eigenvalue weighted by atomic mass is 19.3. The lowest BCUT2D eigenvalue weighted by Gasteiger charge is -2.39. The van der Waals surface area contributed by atoms with Gasteiger partial charge in [-0.1, -0.05) is 91.7 Å². The summed E-state index contributed by atoms with van der Waals surface area (Å²) >= 11 is 0. The van der Waals surface area contributed by atoms with Gasteiger partial charge in [0.25, 0.3) is 0 Å². The van der Waals surface area contributed by atoms with Gasteiger partial charge in [-0.2, -0.15) is 0 Å². The lowest BCUT2D eigenvalue weighted by atomic mass is 9.67. The second-order valence-corrected chi connectivity index (χ2v) is 11.7. The van der Waals surface area contributed by atoms with Gasteiger partial charge in [0.15, 0.2) is 0 Å². The topological polar surface area (TPSA) is 0 Å². The average molecular weight is 423 g/mol. The van der Waals surface area contributed by atoms with Crippen LogP contribution in [0.2, 0.25) is 0 Å². The lowest BCUT2D eigenvalue weighted by Crippen LogP contribution is -2.34. The Labute approximate surface area is 186 Å². The van der Waals surface area contributed by atoms with Crippen molar-refractivity contribution in [1.29, 1.82) is 0 Å². The molecule has 0 aromatic carbocycles. The van der Waals surface area contributed by atoms with Crippen LogP contribution in [0.15, 0.2) is 36.5 Å². The van der Waals surface area contributed by atoms with E-state index in [-0.39, 0.29) is 29.6 Å². The van der Waals surface area contributed by atoms with Crippen LogP contribution in [0.4, 0.5) is 8.78 Å². The van der Waals surface area contributed by atoms with Gasteiger partial charge in [-0.3, -0.25) is 0 Å². The van der Waals surface area contributed by atoms with Crippen molar-refractivity contribution in [2.45, 2.75) is 118 Å². The number of rotatable bonds is 5. The van der Waals surface area contributed by atoms with Crippen LogP contribution >= 0.6 is 0 Å². The van der Waals surface area contributed by atoms with Crippen molar-refractivity contribution >= 4 is 0 Å². The molecular formula is C28H48F2. The molecule has 2 aliphatic carbocycles. The first-order valence-corrected chi connectivity index (χ1v) is 12.1. The Bertz CT molecular complexity index is 574. The molecule has 0 saturated heterocycles. The van der Waals surface area contributed by atoms with Crippen LogP contribution < -0.4 is 0 Å². The zero-order valence-electron chi connectivity index (χ0n) is 20.8. The zero-order chi connectivity index (χ0) is 23.0. The number of halogens is 2. The van der Waals surface area contributed by atoms with Crippen molar-refractivity contribution in [2.75, 3.05) is 0 Å². The Morgan fingerprint density at radius 1 is 1.07 bits per heavy atom. The van der Waals surface area contributed by atoms with Crippen LogP contribution in [-0.2, 0) is 0 Å². The largest absolute Gasteiger partial charge is 0.248 e. The second-order valence-electron chi connectivity index (χ2n) is 11.7. The van der Waals surface area contributed by atoms with Crippen molar-refractivity contribution in [2.24, 2.45) is 22.7 Å². The minimum absolute atomic E-state index is 0.00249. The maximum atomic E-state index is 14.3. The van der Waals surface area contributed by atoms with Crippen molar-refractivity contribution in [3.8, 4) is 0 Å². The van der Waals surface area contributed by atoms with E-state index in [1.165, 1.54) is 62.5 Å². The predicted molar refractivity (Wildman–Crippen MR) is 129 cm³/mol. The van der Waals surface area contributed by atoms with E-state index in [1.807, 2.05) is 33.8 Å². The molecule has 2 atom stereocenters. The summed E-state index contributed by atoms with van der Waals surface area (Å²) in [6, 6.07) is 0. The standard InChI is InChI=1S/C18H34F2.C10H14/c1-14(12-18(19,20)13-16(2,3)4)15-10-8-7-9-11-17(15,5)6;1-3-6-10-8-5-4-7-9(10)2/h14-15H,7-13H2,1-6H3;3,6H,1-2,4-5,7-8H2/b;10-6-. The molecule has 0 bridgehead atoms. The highest BCUT2D eigenvalue weighted by Gasteiger charge is 2.41. The number of allylic oxidation sites excluding steroid dienone is 4. The molecule has 0 amide bonds. The van der Waals surface area contributed by atoms with Gasteiger partial charge in [0.1, 0.15) is 0 Å². The van der Waals surface area contributed by atoms with Crippen LogP contribution in [0.3, 0.4) is 0 Å². The van der Waals surface area contributed by atoms with Crippen molar-refractivity contribution in [3.63, 3.8) is 0 Å². The second kappa shape index (κ2) is 11.6. The molecule has 2 rings (SSSR count). The smallest absolute Gasteiger partial charge is 0.207 e. The normalized spacial score (nSPS) is 25.1. The Kier molecular flexibility index (Phi) is 10.5. The van der Waals surface area contributed by atoms with E-state index in [0.29, 0.717) is 5.92 Å². The fourth-order valence-electron chi connectivity index (χ4n) is 5.55. The van der Waals surface area contributed by atoms with E-state index >= 15 is 0 Å². The first-order valence-electron chi connectivity index (χ1n) is 12.1. The summed E-state index contributed by atoms with van der Waals surface area (Å²) in [7, 11) is 0. The van der Waals surface area contributed by atoms with Gasteiger partial charge in [0.05, 0.1) is 0 Å². The van der Waals surface area contributed by atoms with Gasteiger partial charge in [-0.15, -0.1) is 0 Å². The molecule has 0 heterocycles. The maximum Gasteiger partial charge on any atom is 0.248 e. The van der Waals surface area contributed by atoms with Crippen LogP contribution in [0.25, 0.3) is 0 Å². The van der Waals surface area contributed by atoms with E-state index in [0.717, 1.165) is 6.42 Å². The van der Waals surface area contributed by atoms with Gasteiger partial charge in [0, 0.05) is 12.8 Å². The van der Waals surface area contributed by atoms with Crippen molar-refractivity contribution < 1.29 is 8.78 Å². The maximum absolute atomic E-state index is 14.3. The van der Waals surface area contributed by atoms with Gasteiger partial charge in [0.2, 0.25) is 5.92 Å². The summed E-state index contributed by atoms with van der Waals surface area (Å²) < 4.78 is 28.6. The first kappa shape index (κ1) is 27.1. The summed E-state index contributed by atoms with van der Waals surface area (Å²) in [6.07, 6.45) is 15.1. The van der Waals surface area contributed by atoms with Crippen LogP contribution in [0.5, 0.6) is 0 Å². The molecule has 0 aromatic heterocycles. The van der Waals surface area contributed by atoms with Gasteiger partial charge >= 0.3 is 0 Å². The SMILES string of the molecule is C=C/C=C1/CCCCC1=C.CC(CC(F)(F)CC(C)(C)C)C1CCCCCC1(C)C. The molecule has 174 valence electrons. The number of hydrogen-bond donors (Lipinski definition) is 0. The molecule has 30 heavy (non-hydrogen) atoms. The minimum atomic E-state index is -2.53. The van der Waals surface area contributed by atoms with Gasteiger partial charge in [-0.25, -0.2) is 8.78 Å². The highest BCUT2D eigenvalue weighted by molar-refractivity contribution is 5.32. The summed E-state index contributed by atoms with van der Waals surface area (Å²) in [5.41, 5.74) is 2.63. The summed E-state index contributed by atoms with van der Waals surface area (Å²) in [4.78, 5) is 0. The molecule has 0 nitrogen and oxygen atoms in total. The van der Waals surface area contributed by atoms with Crippen molar-refractivity contribution in [1.82, 2.24) is 0 Å². The summed E-state index contributed by atoms with van der Waals surface area (Å²) in [6.45, 7) is 20.0. The molecule has 2 heteroatoms. The molecule has 2 fully saturated rings. The third kappa shape index (κ3) is 9.92. The molecule has 0 spiro atoms. The number of hydrogen-bond acceptors (Lipinski definition) is 0. The fraction of sp³-hybridized carbons (Fsp3) is 0.786. The predicted octanol–water partition coefficient (Wildman–Crippen LogP) is 9.92. The first-order chi connectivity index (χ1) is 13.8. The van der Waals surface area contributed by atoms with Gasteiger partial charge in [-0.05, 0) is 66.8 Å². The van der Waals surface area contributed by atoms with Crippen LogP contribution in [0.1, 0.15) is 112 Å². The molecule has 0 aromatic rings. The molecular weight excluding hydrogens is 374 g/mol. The monoisotopic (exact) mass is 422 g/mol. The van der Waals surface area contributed by atoms with Crippen LogP contribution in [-0.4, -0.2) is 5.92 Å². The van der Waals surface area contributed by atoms with E-state index in [1.54, 1.807) is 0 Å². The molecule has 0 radical (unpaired) electrons. The Hall–Kier alpha value is -0.920. The van der Waals surface area contributed by atoms with Crippen LogP contribution in [0, 0.1) is 22.7 Å². The van der Waals surface area contributed by atoms with E-state index in [4.69, 9.17) is 0 Å². The quantitative estimate of drug-likeness (QED) is 0.387. The third-order valence-corrected chi connectivity index (χ3v) is 6.88. The number of alkyl halides is 2. The lowest BCUT2D eigenvalue weighted by molar-refractivity contribution is -0.0669.